The molecule has 126 valence electrons. The van der Waals surface area contributed by atoms with E-state index in [1.165, 1.54) is 12.1 Å². The van der Waals surface area contributed by atoms with Crippen LogP contribution in [0.2, 0.25) is 0 Å². The number of hydrogen-bond acceptors (Lipinski definition) is 4. The van der Waals surface area contributed by atoms with Crippen molar-refractivity contribution in [3.8, 4) is 0 Å². The van der Waals surface area contributed by atoms with Crippen LogP contribution in [0.5, 0.6) is 0 Å². The van der Waals surface area contributed by atoms with Crippen LogP contribution in [0, 0.1) is 21.7 Å². The number of nitro groups is 1. The van der Waals surface area contributed by atoms with Crippen LogP contribution in [0.1, 0.15) is 15.9 Å². The Kier molecular flexibility index (Phi) is 7.66. The van der Waals surface area contributed by atoms with Crippen molar-refractivity contribution in [1.82, 2.24) is 0 Å². The van der Waals surface area contributed by atoms with Crippen molar-refractivity contribution in [1.29, 1.82) is 0 Å². The number of nitrogens with zero attached hydrogens (tertiary/aromatic N) is 1. The quantitative estimate of drug-likeness (QED) is 0.299. The van der Waals surface area contributed by atoms with Crippen LogP contribution >= 0.6 is 31.9 Å². The lowest BCUT2D eigenvalue weighted by Crippen LogP contribution is -1.94. The highest BCUT2D eigenvalue weighted by Gasteiger charge is 2.13. The average molecular weight is 464 g/mol. The summed E-state index contributed by atoms with van der Waals surface area (Å²) < 4.78 is 25.8. The smallest absolute Gasteiger partial charge is 0.282 e. The van der Waals surface area contributed by atoms with E-state index in [2.05, 4.69) is 31.9 Å². The van der Waals surface area contributed by atoms with Gasteiger partial charge in [0.25, 0.3) is 5.69 Å². The summed E-state index contributed by atoms with van der Waals surface area (Å²) in [5, 5.41) is 10.2. The summed E-state index contributed by atoms with van der Waals surface area (Å²) >= 11 is 6.38. The SMILES string of the molecule is Nc1cc(F)ccc1C=C(Br)Br.O=Cc1ccc(F)cc1[N+](=O)[O-]. The molecule has 0 heterocycles. The van der Waals surface area contributed by atoms with Crippen LogP contribution < -0.4 is 5.73 Å². The number of nitro benzene ring substituents is 1. The van der Waals surface area contributed by atoms with Crippen LogP contribution in [0.15, 0.2) is 39.8 Å². The minimum atomic E-state index is -0.799. The molecule has 2 N–H and O–H groups in total. The summed E-state index contributed by atoms with van der Waals surface area (Å²) in [6.45, 7) is 0. The third kappa shape index (κ3) is 6.17. The minimum absolute atomic E-state index is 0.124. The Hall–Kier alpha value is -2.13. The van der Waals surface area contributed by atoms with Crippen LogP contribution in [0.25, 0.3) is 6.08 Å². The first-order valence-corrected chi connectivity index (χ1v) is 7.80. The highest BCUT2D eigenvalue weighted by atomic mass is 79.9. The average Bonchev–Trinajstić information content (AvgIpc) is 2.50. The molecular weight excluding hydrogens is 454 g/mol. The first kappa shape index (κ1) is 19.9. The number of nitrogens with two attached hydrogens (primary N) is 1. The maximum atomic E-state index is 12.6. The number of nitrogen functional groups attached to an aromatic ring is 1. The Bertz CT molecular complexity index is 794. The van der Waals surface area contributed by atoms with E-state index in [0.29, 0.717) is 18.0 Å². The number of halogens is 4. The Balaban J connectivity index is 0.000000240. The fourth-order valence-electron chi connectivity index (χ4n) is 1.57. The molecule has 0 bridgehead atoms. The van der Waals surface area contributed by atoms with E-state index in [0.717, 1.165) is 21.1 Å². The van der Waals surface area contributed by atoms with Gasteiger partial charge in [0.1, 0.15) is 11.6 Å². The second-order valence-corrected chi connectivity index (χ2v) is 7.06. The molecule has 0 atom stereocenters. The molecule has 0 fully saturated rings. The number of carbonyl (C=O) groups excluding carboxylic acids is 1. The van der Waals surface area contributed by atoms with Gasteiger partial charge in [-0.3, -0.25) is 14.9 Å². The molecule has 5 nitrogen and oxygen atoms in total. The molecule has 0 unspecified atom stereocenters. The summed E-state index contributed by atoms with van der Waals surface area (Å²) in [7, 11) is 0. The Morgan fingerprint density at radius 3 is 2.08 bits per heavy atom. The molecule has 0 aliphatic heterocycles. The lowest BCUT2D eigenvalue weighted by Gasteiger charge is -1.99. The number of anilines is 1. The summed E-state index contributed by atoms with van der Waals surface area (Å²) in [6.07, 6.45) is 2.08. The zero-order chi connectivity index (χ0) is 18.3. The van der Waals surface area contributed by atoms with E-state index >= 15 is 0 Å². The highest BCUT2D eigenvalue weighted by Crippen LogP contribution is 2.22. The van der Waals surface area contributed by atoms with Gasteiger partial charge in [0.05, 0.1) is 19.9 Å². The molecule has 0 saturated heterocycles. The van der Waals surface area contributed by atoms with Crippen molar-refractivity contribution < 1.29 is 18.5 Å². The lowest BCUT2D eigenvalue weighted by atomic mass is 10.2. The largest absolute Gasteiger partial charge is 0.398 e. The molecule has 0 aromatic heterocycles. The third-order valence-electron chi connectivity index (χ3n) is 2.63. The molecule has 9 heteroatoms. The second kappa shape index (κ2) is 9.24. The molecule has 2 rings (SSSR count). The van der Waals surface area contributed by atoms with Gasteiger partial charge in [-0.1, -0.05) is 0 Å². The molecule has 24 heavy (non-hydrogen) atoms. The first-order valence-electron chi connectivity index (χ1n) is 6.21. The van der Waals surface area contributed by atoms with Crippen LogP contribution in [0.3, 0.4) is 0 Å². The van der Waals surface area contributed by atoms with E-state index in [-0.39, 0.29) is 11.4 Å². The molecule has 0 aliphatic carbocycles. The standard InChI is InChI=1S/C8H6Br2FN.C7H4FNO3/c9-8(10)3-5-1-2-6(11)4-7(5)12;8-6-2-1-5(4-10)7(3-6)9(11)12/h1-4H,12H2;1-4H. The molecule has 0 radical (unpaired) electrons. The normalized spacial score (nSPS) is 9.50. The van der Waals surface area contributed by atoms with Gasteiger partial charge in [-0.15, -0.1) is 0 Å². The lowest BCUT2D eigenvalue weighted by molar-refractivity contribution is -0.385. The van der Waals surface area contributed by atoms with E-state index in [9.17, 15) is 23.7 Å². The zero-order valence-electron chi connectivity index (χ0n) is 11.9. The maximum Gasteiger partial charge on any atom is 0.282 e. The van der Waals surface area contributed by atoms with Crippen LogP contribution in [-0.2, 0) is 0 Å². The maximum absolute atomic E-state index is 12.6. The van der Waals surface area contributed by atoms with Crippen molar-refractivity contribution in [3.63, 3.8) is 0 Å². The molecular formula is C15H10Br2F2N2O3. The van der Waals surface area contributed by atoms with Crippen LogP contribution in [0.4, 0.5) is 20.2 Å². The number of benzene rings is 2. The van der Waals surface area contributed by atoms with Crippen molar-refractivity contribution >= 4 is 55.6 Å². The summed E-state index contributed by atoms with van der Waals surface area (Å²) in [5.41, 5.74) is 6.11. The van der Waals surface area contributed by atoms with Gasteiger partial charge in [-0.25, -0.2) is 8.78 Å². The molecule has 0 spiro atoms. The van der Waals surface area contributed by atoms with Crippen LogP contribution in [-0.4, -0.2) is 11.2 Å². The molecule has 2 aromatic carbocycles. The predicted octanol–water partition coefficient (Wildman–Crippen LogP) is 5.04. The summed E-state index contributed by atoms with van der Waals surface area (Å²) in [5.74, 6) is -1.05. The van der Waals surface area contributed by atoms with E-state index in [4.69, 9.17) is 5.73 Å². The van der Waals surface area contributed by atoms with Crippen molar-refractivity contribution in [2.75, 3.05) is 5.73 Å². The summed E-state index contributed by atoms with van der Waals surface area (Å²) in [4.78, 5) is 19.6. The van der Waals surface area contributed by atoms with Gasteiger partial charge in [-0.05, 0) is 73.8 Å². The van der Waals surface area contributed by atoms with Crippen molar-refractivity contribution in [2.24, 2.45) is 0 Å². The van der Waals surface area contributed by atoms with Gasteiger partial charge < -0.3 is 5.73 Å². The Morgan fingerprint density at radius 1 is 1.08 bits per heavy atom. The van der Waals surface area contributed by atoms with Crippen molar-refractivity contribution in [3.05, 3.63) is 72.7 Å². The number of hydrogen-bond donors (Lipinski definition) is 1. The molecule has 0 amide bonds. The monoisotopic (exact) mass is 462 g/mol. The Labute approximate surface area is 152 Å². The van der Waals surface area contributed by atoms with E-state index < -0.39 is 16.4 Å². The second-order valence-electron chi connectivity index (χ2n) is 4.29. The van der Waals surface area contributed by atoms with Crippen molar-refractivity contribution in [2.45, 2.75) is 0 Å². The molecule has 0 aliphatic rings. The van der Waals surface area contributed by atoms with Gasteiger partial charge in [0.2, 0.25) is 0 Å². The third-order valence-corrected chi connectivity index (χ3v) is 3.09. The predicted molar refractivity (Wildman–Crippen MR) is 95.1 cm³/mol. The zero-order valence-corrected chi connectivity index (χ0v) is 15.1. The van der Waals surface area contributed by atoms with E-state index in [1.54, 1.807) is 12.1 Å². The van der Waals surface area contributed by atoms with Gasteiger partial charge in [0.15, 0.2) is 6.29 Å². The first-order chi connectivity index (χ1) is 11.2. The van der Waals surface area contributed by atoms with Gasteiger partial charge >= 0.3 is 0 Å². The topological polar surface area (TPSA) is 86.2 Å². The molecule has 2 aromatic rings. The number of carbonyl (C=O) groups is 1. The number of aldehydes is 1. The minimum Gasteiger partial charge on any atom is -0.398 e. The highest BCUT2D eigenvalue weighted by molar-refractivity contribution is 9.28. The van der Waals surface area contributed by atoms with E-state index in [1.807, 2.05) is 0 Å². The number of rotatable bonds is 3. The fraction of sp³-hybridized carbons (Fsp3) is 0. The fourth-order valence-corrected chi connectivity index (χ4v) is 2.06. The van der Waals surface area contributed by atoms with Gasteiger partial charge in [0, 0.05) is 5.69 Å². The Morgan fingerprint density at radius 2 is 1.62 bits per heavy atom. The summed E-state index contributed by atoms with van der Waals surface area (Å²) in [6, 6.07) is 7.05. The molecule has 0 saturated carbocycles. The van der Waals surface area contributed by atoms with Gasteiger partial charge in [-0.2, -0.15) is 0 Å².